The van der Waals surface area contributed by atoms with Crippen molar-refractivity contribution >= 4 is 29.3 Å². The molecule has 0 spiro atoms. The number of hydrazine groups is 1. The van der Waals surface area contributed by atoms with Crippen LogP contribution in [0.25, 0.3) is 0 Å². The molecule has 0 aromatic heterocycles. The van der Waals surface area contributed by atoms with Gasteiger partial charge in [0.1, 0.15) is 11.6 Å². The zero-order chi connectivity index (χ0) is 19.0. The highest BCUT2D eigenvalue weighted by Gasteiger charge is 2.23. The Kier molecular flexibility index (Phi) is 7.98. The highest BCUT2D eigenvalue weighted by molar-refractivity contribution is 8.02. The molecule has 0 unspecified atom stereocenters. The van der Waals surface area contributed by atoms with Crippen molar-refractivity contribution in [1.29, 1.82) is 5.26 Å². The number of carbonyl (C=O) groups is 2. The maximum absolute atomic E-state index is 11.7. The van der Waals surface area contributed by atoms with Crippen LogP contribution in [0.15, 0.2) is 28.7 Å². The minimum atomic E-state index is -0.658. The summed E-state index contributed by atoms with van der Waals surface area (Å²) in [5.74, 6) is 4.67. The van der Waals surface area contributed by atoms with Crippen molar-refractivity contribution in [2.24, 2.45) is 11.6 Å². The number of thioether (sulfide) groups is 1. The quantitative estimate of drug-likeness (QED) is 0.273. The maximum atomic E-state index is 11.7. The third-order valence-electron chi connectivity index (χ3n) is 3.58. The van der Waals surface area contributed by atoms with Crippen molar-refractivity contribution in [3.63, 3.8) is 0 Å². The molecule has 1 saturated carbocycles. The van der Waals surface area contributed by atoms with Crippen molar-refractivity contribution < 1.29 is 9.59 Å². The highest BCUT2D eigenvalue weighted by Crippen LogP contribution is 2.20. The lowest BCUT2D eigenvalue weighted by molar-refractivity contribution is -0.114. The predicted octanol–water partition coefficient (Wildman–Crippen LogP) is 1.81. The Morgan fingerprint density at radius 2 is 2.00 bits per heavy atom. The zero-order valence-corrected chi connectivity index (χ0v) is 15.4. The Morgan fingerprint density at radius 1 is 1.36 bits per heavy atom. The molecule has 1 aromatic rings. The molecule has 1 aromatic carbocycles. The first-order valence-corrected chi connectivity index (χ1v) is 8.89. The minimum Gasteiger partial charge on any atom is -0.365 e. The van der Waals surface area contributed by atoms with Crippen molar-refractivity contribution in [2.45, 2.75) is 32.7 Å². The van der Waals surface area contributed by atoms with Crippen LogP contribution in [0, 0.1) is 18.3 Å². The van der Waals surface area contributed by atoms with Crippen molar-refractivity contribution in [2.75, 3.05) is 11.7 Å². The molecule has 1 fully saturated rings. The van der Waals surface area contributed by atoms with Gasteiger partial charge in [-0.05, 0) is 50.6 Å². The van der Waals surface area contributed by atoms with Gasteiger partial charge in [-0.15, -0.1) is 11.8 Å². The number of anilines is 1. The molecule has 0 aliphatic heterocycles. The fourth-order valence-electron chi connectivity index (χ4n) is 1.82. The minimum absolute atomic E-state index is 0.0194. The molecule has 0 saturated heterocycles. The molecule has 6 N–H and O–H groups in total. The molecule has 2 amide bonds. The van der Waals surface area contributed by atoms with E-state index in [0.717, 1.165) is 24.1 Å². The Morgan fingerprint density at radius 3 is 2.40 bits per heavy atom. The topological polar surface area (TPSA) is 134 Å². The summed E-state index contributed by atoms with van der Waals surface area (Å²) in [4.78, 5) is 22.8. The first kappa shape index (κ1) is 20.5. The van der Waals surface area contributed by atoms with Crippen molar-refractivity contribution in [1.82, 2.24) is 5.32 Å². The zero-order valence-electron chi connectivity index (χ0n) is 14.6. The van der Waals surface area contributed by atoms with E-state index in [4.69, 9.17) is 16.8 Å². The number of hydrogen-bond donors (Lipinski definition) is 4. The molecule has 0 bridgehead atoms. The summed E-state index contributed by atoms with van der Waals surface area (Å²) in [6.07, 6.45) is 3.98. The fourth-order valence-corrected chi connectivity index (χ4v) is 2.17. The summed E-state index contributed by atoms with van der Waals surface area (Å²) >= 11 is 1.34. The van der Waals surface area contributed by atoms with Crippen LogP contribution >= 0.6 is 11.8 Å². The van der Waals surface area contributed by atoms with Gasteiger partial charge in [-0.2, -0.15) is 5.26 Å². The van der Waals surface area contributed by atoms with Gasteiger partial charge in [0, 0.05) is 16.5 Å². The fraction of sp³-hybridized carbons (Fsp3) is 0.353. The molecule has 0 heterocycles. The van der Waals surface area contributed by atoms with Gasteiger partial charge in [0.15, 0.2) is 0 Å². The summed E-state index contributed by atoms with van der Waals surface area (Å²) in [7, 11) is 0. The standard InChI is InChI=1S/C11H15N3O.C6H8N2OS/c1-7-2-3-8(6-10(7)14-12)11(15)13-9-4-5-9;1-4(10-2)5(3-7)6(8)9/h2-3,6,9,14H,4-5,12H2,1H3,(H,13,15);1-2H3,(H2,8,9)/b;5-4+. The van der Waals surface area contributed by atoms with Crippen LogP contribution in [0.2, 0.25) is 0 Å². The smallest absolute Gasteiger partial charge is 0.260 e. The average Bonchev–Trinajstić information content (AvgIpc) is 3.39. The Hall–Kier alpha value is -2.50. The van der Waals surface area contributed by atoms with Crippen molar-refractivity contribution in [3.05, 3.63) is 39.8 Å². The molecule has 8 heteroatoms. The second-order valence-electron chi connectivity index (χ2n) is 5.53. The second kappa shape index (κ2) is 9.71. The SMILES string of the molecule is CS/C(C)=C(\C#N)C(N)=O.Cc1ccc(C(=O)NC2CC2)cc1NN. The lowest BCUT2D eigenvalue weighted by Crippen LogP contribution is -2.25. The maximum Gasteiger partial charge on any atom is 0.260 e. The number of benzene rings is 1. The van der Waals surface area contributed by atoms with Gasteiger partial charge in [-0.3, -0.25) is 15.4 Å². The van der Waals surface area contributed by atoms with Gasteiger partial charge in [0.25, 0.3) is 11.8 Å². The number of nitrogens with one attached hydrogen (secondary N) is 2. The van der Waals surface area contributed by atoms with Crippen LogP contribution in [-0.2, 0) is 4.79 Å². The van der Waals surface area contributed by atoms with E-state index in [1.54, 1.807) is 25.3 Å². The molecule has 7 nitrogen and oxygen atoms in total. The van der Waals surface area contributed by atoms with E-state index in [1.165, 1.54) is 11.8 Å². The van der Waals surface area contributed by atoms with E-state index in [-0.39, 0.29) is 11.5 Å². The molecule has 1 aliphatic carbocycles. The molecular formula is C17H23N5O2S. The predicted molar refractivity (Wildman–Crippen MR) is 100 cm³/mol. The monoisotopic (exact) mass is 361 g/mol. The number of nitrogen functional groups attached to an aromatic ring is 1. The van der Waals surface area contributed by atoms with E-state index in [1.807, 2.05) is 19.1 Å². The number of nitriles is 1. The summed E-state index contributed by atoms with van der Waals surface area (Å²) in [5.41, 5.74) is 9.99. The van der Waals surface area contributed by atoms with Crippen LogP contribution in [0.5, 0.6) is 0 Å². The number of aryl methyl sites for hydroxylation is 1. The molecule has 1 aliphatic rings. The third kappa shape index (κ3) is 6.49. The van der Waals surface area contributed by atoms with E-state index in [2.05, 4.69) is 10.7 Å². The van der Waals surface area contributed by atoms with E-state index in [9.17, 15) is 9.59 Å². The largest absolute Gasteiger partial charge is 0.365 e. The number of hydrogen-bond acceptors (Lipinski definition) is 6. The van der Waals surface area contributed by atoms with Gasteiger partial charge in [-0.1, -0.05) is 6.07 Å². The first-order valence-electron chi connectivity index (χ1n) is 7.66. The second-order valence-corrected chi connectivity index (χ2v) is 6.55. The summed E-state index contributed by atoms with van der Waals surface area (Å²) in [5, 5.41) is 11.3. The average molecular weight is 361 g/mol. The van der Waals surface area contributed by atoms with E-state index in [0.29, 0.717) is 16.5 Å². The number of amides is 2. The molecular weight excluding hydrogens is 338 g/mol. The number of primary amides is 1. The van der Waals surface area contributed by atoms with Gasteiger partial charge in [0.2, 0.25) is 0 Å². The number of nitrogens with two attached hydrogens (primary N) is 2. The normalized spacial score (nSPS) is 13.6. The van der Waals surface area contributed by atoms with Gasteiger partial charge in [-0.25, -0.2) is 0 Å². The summed E-state index contributed by atoms with van der Waals surface area (Å²) < 4.78 is 0. The van der Waals surface area contributed by atoms with Crippen molar-refractivity contribution in [3.8, 4) is 6.07 Å². The summed E-state index contributed by atoms with van der Waals surface area (Å²) in [6, 6.07) is 7.59. The van der Waals surface area contributed by atoms with Crippen LogP contribution in [0.4, 0.5) is 5.69 Å². The van der Waals surface area contributed by atoms with Gasteiger partial charge < -0.3 is 16.5 Å². The van der Waals surface area contributed by atoms with Crippen LogP contribution in [-0.4, -0.2) is 24.1 Å². The molecule has 25 heavy (non-hydrogen) atoms. The summed E-state index contributed by atoms with van der Waals surface area (Å²) in [6.45, 7) is 3.63. The van der Waals surface area contributed by atoms with Gasteiger partial charge >= 0.3 is 0 Å². The number of rotatable bonds is 5. The van der Waals surface area contributed by atoms with E-state index >= 15 is 0 Å². The first-order chi connectivity index (χ1) is 11.8. The van der Waals surface area contributed by atoms with Crippen LogP contribution in [0.3, 0.4) is 0 Å². The molecule has 0 atom stereocenters. The number of carbonyl (C=O) groups excluding carboxylic acids is 2. The Balaban J connectivity index is 0.000000275. The third-order valence-corrected chi connectivity index (χ3v) is 4.40. The Labute approximate surface area is 151 Å². The van der Waals surface area contributed by atoms with Crippen LogP contribution < -0.4 is 22.3 Å². The Bertz CT molecular complexity index is 720. The highest BCUT2D eigenvalue weighted by atomic mass is 32.2. The van der Waals surface area contributed by atoms with E-state index < -0.39 is 5.91 Å². The molecule has 134 valence electrons. The number of allylic oxidation sites excluding steroid dienone is 1. The lowest BCUT2D eigenvalue weighted by Gasteiger charge is -2.08. The number of nitrogens with zero attached hydrogens (tertiary/aromatic N) is 1. The lowest BCUT2D eigenvalue weighted by atomic mass is 10.1. The van der Waals surface area contributed by atoms with Crippen LogP contribution in [0.1, 0.15) is 35.7 Å². The molecule has 2 rings (SSSR count). The molecule has 0 radical (unpaired) electrons. The van der Waals surface area contributed by atoms with Gasteiger partial charge in [0.05, 0.1) is 5.69 Å².